The van der Waals surface area contributed by atoms with E-state index < -0.39 is 0 Å². The van der Waals surface area contributed by atoms with Crippen molar-refractivity contribution < 1.29 is 0 Å². The van der Waals surface area contributed by atoms with Crippen molar-refractivity contribution in [1.29, 1.82) is 0 Å². The van der Waals surface area contributed by atoms with Gasteiger partial charge in [0, 0.05) is 22.4 Å². The van der Waals surface area contributed by atoms with Crippen LogP contribution in [0.2, 0.25) is 0 Å². The topological polar surface area (TPSA) is 3.24 Å². The van der Waals surface area contributed by atoms with Gasteiger partial charge in [-0.05, 0) is 107 Å². The summed E-state index contributed by atoms with van der Waals surface area (Å²) in [4.78, 5) is 2.47. The first kappa shape index (κ1) is 28.8. The molecule has 0 N–H and O–H groups in total. The molecule has 0 aliphatic heterocycles. The van der Waals surface area contributed by atoms with Crippen molar-refractivity contribution in [2.45, 2.75) is 19.3 Å². The van der Waals surface area contributed by atoms with Gasteiger partial charge in [0.1, 0.15) is 0 Å². The molecule has 10 rings (SSSR count). The summed E-state index contributed by atoms with van der Waals surface area (Å²) >= 11 is 0. The van der Waals surface area contributed by atoms with Crippen LogP contribution in [-0.4, -0.2) is 0 Å². The summed E-state index contributed by atoms with van der Waals surface area (Å²) in [7, 11) is 0. The van der Waals surface area contributed by atoms with Gasteiger partial charge in [0.2, 0.25) is 0 Å². The minimum atomic E-state index is -0.0527. The molecule has 0 unspecified atom stereocenters. The van der Waals surface area contributed by atoms with Gasteiger partial charge in [-0.25, -0.2) is 0 Å². The summed E-state index contributed by atoms with van der Waals surface area (Å²) in [5, 5.41) is 10.1. The van der Waals surface area contributed by atoms with E-state index in [9.17, 15) is 0 Å². The fourth-order valence-corrected chi connectivity index (χ4v) is 8.49. The second-order valence-electron chi connectivity index (χ2n) is 14.2. The van der Waals surface area contributed by atoms with Gasteiger partial charge in [0.25, 0.3) is 0 Å². The first-order valence-electron chi connectivity index (χ1n) is 17.5. The molecule has 0 amide bonds. The Morgan fingerprint density at radius 1 is 0.360 bits per heavy atom. The minimum Gasteiger partial charge on any atom is -0.310 e. The number of benzene rings is 9. The third kappa shape index (κ3) is 4.33. The molecular weight excluding hydrogens is 603 g/mol. The van der Waals surface area contributed by atoms with Crippen molar-refractivity contribution in [2.24, 2.45) is 0 Å². The van der Waals surface area contributed by atoms with Crippen molar-refractivity contribution >= 4 is 60.2 Å². The number of nitrogens with zero attached hydrogens (tertiary/aromatic N) is 1. The van der Waals surface area contributed by atoms with Crippen molar-refractivity contribution in [3.63, 3.8) is 0 Å². The Morgan fingerprint density at radius 3 is 1.80 bits per heavy atom. The lowest BCUT2D eigenvalue weighted by atomic mass is 9.82. The molecule has 0 spiro atoms. The molecule has 9 aromatic rings. The Kier molecular flexibility index (Phi) is 6.29. The summed E-state index contributed by atoms with van der Waals surface area (Å²) < 4.78 is 0. The van der Waals surface area contributed by atoms with Crippen LogP contribution in [0.5, 0.6) is 0 Å². The maximum atomic E-state index is 2.47. The van der Waals surface area contributed by atoms with E-state index in [-0.39, 0.29) is 5.41 Å². The summed E-state index contributed by atoms with van der Waals surface area (Å²) in [6.07, 6.45) is 0. The first-order valence-corrected chi connectivity index (χ1v) is 17.5. The predicted molar refractivity (Wildman–Crippen MR) is 214 cm³/mol. The number of hydrogen-bond donors (Lipinski definition) is 0. The fourth-order valence-electron chi connectivity index (χ4n) is 8.49. The van der Waals surface area contributed by atoms with E-state index >= 15 is 0 Å². The van der Waals surface area contributed by atoms with Gasteiger partial charge >= 0.3 is 0 Å². The van der Waals surface area contributed by atoms with Crippen LogP contribution in [0.4, 0.5) is 17.1 Å². The molecule has 1 aliphatic rings. The summed E-state index contributed by atoms with van der Waals surface area (Å²) in [5.41, 5.74) is 11.2. The van der Waals surface area contributed by atoms with E-state index in [1.165, 1.54) is 76.5 Å². The van der Waals surface area contributed by atoms with Gasteiger partial charge in [-0.2, -0.15) is 0 Å². The predicted octanol–water partition coefficient (Wildman–Crippen LogP) is 13.7. The van der Waals surface area contributed by atoms with E-state index in [2.05, 4.69) is 195 Å². The number of hydrogen-bond acceptors (Lipinski definition) is 1. The average Bonchev–Trinajstić information content (AvgIpc) is 3.40. The fraction of sp³-hybridized carbons (Fsp3) is 0.0612. The zero-order chi connectivity index (χ0) is 33.4. The van der Waals surface area contributed by atoms with E-state index in [4.69, 9.17) is 0 Å². The molecule has 0 fully saturated rings. The maximum absolute atomic E-state index is 2.47. The highest BCUT2D eigenvalue weighted by molar-refractivity contribution is 6.18. The largest absolute Gasteiger partial charge is 0.310 e. The summed E-state index contributed by atoms with van der Waals surface area (Å²) in [5.74, 6) is 0. The van der Waals surface area contributed by atoms with Crippen LogP contribution in [0.25, 0.3) is 65.3 Å². The lowest BCUT2D eigenvalue weighted by molar-refractivity contribution is 0.660. The normalized spacial score (nSPS) is 13.2. The maximum Gasteiger partial charge on any atom is 0.0540 e. The molecule has 236 valence electrons. The van der Waals surface area contributed by atoms with Gasteiger partial charge < -0.3 is 4.90 Å². The molecule has 0 aromatic heterocycles. The van der Waals surface area contributed by atoms with Crippen LogP contribution in [0.3, 0.4) is 0 Å². The second kappa shape index (κ2) is 10.9. The van der Waals surface area contributed by atoms with Crippen LogP contribution in [-0.2, 0) is 5.41 Å². The van der Waals surface area contributed by atoms with E-state index in [0.29, 0.717) is 0 Å². The number of para-hydroxylation sites is 1. The van der Waals surface area contributed by atoms with Crippen LogP contribution >= 0.6 is 0 Å². The molecule has 1 nitrogen and oxygen atoms in total. The lowest BCUT2D eigenvalue weighted by Crippen LogP contribution is -2.15. The Balaban J connectivity index is 1.24. The van der Waals surface area contributed by atoms with Crippen molar-refractivity contribution in [2.75, 3.05) is 4.90 Å². The third-order valence-corrected chi connectivity index (χ3v) is 11.0. The highest BCUT2D eigenvalue weighted by Gasteiger charge is 2.35. The molecule has 0 saturated carbocycles. The molecule has 0 saturated heterocycles. The molecule has 9 aromatic carbocycles. The standard InChI is InChI=1S/C49H35N/c1-49(2)46-17-9-7-16-43(46)45-31-38(25-28-47(45)49)50(48-18-10-8-15-40(48)36-20-19-32-11-3-4-13-35(32)29-36)37-24-21-34-23-26-41-39-14-6-5-12-33(39)22-27-42(41)44(34)30-37/h3-31H,1-2H3. The van der Waals surface area contributed by atoms with Gasteiger partial charge in [-0.1, -0.05) is 153 Å². The lowest BCUT2D eigenvalue weighted by Gasteiger charge is -2.29. The van der Waals surface area contributed by atoms with Gasteiger partial charge in [-0.15, -0.1) is 0 Å². The van der Waals surface area contributed by atoms with Crippen molar-refractivity contribution in [3.05, 3.63) is 187 Å². The number of rotatable bonds is 4. The van der Waals surface area contributed by atoms with E-state index in [1.807, 2.05) is 0 Å². The van der Waals surface area contributed by atoms with Gasteiger partial charge in [-0.3, -0.25) is 0 Å². The highest BCUT2D eigenvalue weighted by atomic mass is 15.1. The monoisotopic (exact) mass is 637 g/mol. The quantitative estimate of drug-likeness (QED) is 0.174. The Morgan fingerprint density at radius 2 is 0.940 bits per heavy atom. The van der Waals surface area contributed by atoms with Crippen LogP contribution < -0.4 is 4.90 Å². The van der Waals surface area contributed by atoms with E-state index in [1.54, 1.807) is 0 Å². The minimum absolute atomic E-state index is 0.0527. The molecule has 0 heterocycles. The second-order valence-corrected chi connectivity index (χ2v) is 14.2. The molecule has 50 heavy (non-hydrogen) atoms. The molecule has 1 heteroatoms. The van der Waals surface area contributed by atoms with Crippen molar-refractivity contribution in [3.8, 4) is 22.3 Å². The van der Waals surface area contributed by atoms with Crippen LogP contribution in [0.15, 0.2) is 176 Å². The van der Waals surface area contributed by atoms with Gasteiger partial charge in [0.05, 0.1) is 5.69 Å². The smallest absolute Gasteiger partial charge is 0.0540 e. The Hall–Kier alpha value is -6.18. The zero-order valence-corrected chi connectivity index (χ0v) is 28.2. The molecule has 0 radical (unpaired) electrons. The highest BCUT2D eigenvalue weighted by Crippen LogP contribution is 2.51. The number of anilines is 3. The molecule has 1 aliphatic carbocycles. The molecule has 0 atom stereocenters. The first-order chi connectivity index (χ1) is 24.5. The van der Waals surface area contributed by atoms with Crippen LogP contribution in [0.1, 0.15) is 25.0 Å². The summed E-state index contributed by atoms with van der Waals surface area (Å²) in [6.45, 7) is 4.70. The molecular formula is C49H35N. The number of fused-ring (bicyclic) bond motifs is 9. The summed E-state index contributed by atoms with van der Waals surface area (Å²) in [6, 6.07) is 65.1. The van der Waals surface area contributed by atoms with Gasteiger partial charge in [0.15, 0.2) is 0 Å². The Labute approximate surface area is 292 Å². The van der Waals surface area contributed by atoms with E-state index in [0.717, 1.165) is 17.1 Å². The molecule has 0 bridgehead atoms. The SMILES string of the molecule is CC1(C)c2ccccc2-c2cc(N(c3ccc4ccc5c6ccccc6ccc5c4c3)c3ccccc3-c3ccc4ccccc4c3)ccc21. The Bertz CT molecular complexity index is 2800. The zero-order valence-electron chi connectivity index (χ0n) is 28.2. The third-order valence-electron chi connectivity index (χ3n) is 11.0. The average molecular weight is 638 g/mol. The van der Waals surface area contributed by atoms with Crippen molar-refractivity contribution in [1.82, 2.24) is 0 Å². The van der Waals surface area contributed by atoms with Crippen LogP contribution in [0, 0.1) is 0 Å².